The van der Waals surface area contributed by atoms with E-state index in [4.69, 9.17) is 5.11 Å². The van der Waals surface area contributed by atoms with Gasteiger partial charge in [0, 0.05) is 18.5 Å². The second kappa shape index (κ2) is 10.6. The third-order valence-corrected chi connectivity index (χ3v) is 5.33. The predicted molar refractivity (Wildman–Crippen MR) is 112 cm³/mol. The Morgan fingerprint density at radius 2 is 1.82 bits per heavy atom. The summed E-state index contributed by atoms with van der Waals surface area (Å²) in [7, 11) is 0. The van der Waals surface area contributed by atoms with E-state index in [0.717, 1.165) is 15.0 Å². The summed E-state index contributed by atoms with van der Waals surface area (Å²) < 4.78 is 0. The molecule has 2 heterocycles. The third-order valence-electron chi connectivity index (χ3n) is 5.33. The summed E-state index contributed by atoms with van der Waals surface area (Å²) in [6, 6.07) is 4.21. The summed E-state index contributed by atoms with van der Waals surface area (Å²) >= 11 is 0. The van der Waals surface area contributed by atoms with E-state index in [1.807, 2.05) is 0 Å². The van der Waals surface area contributed by atoms with Crippen LogP contribution in [0.15, 0.2) is 30.3 Å². The normalized spacial score (nSPS) is 18.9. The molecule has 0 radical (unpaired) electrons. The molecular weight excluding hydrogens is 450 g/mol. The van der Waals surface area contributed by atoms with Crippen LogP contribution in [0.5, 0.6) is 0 Å². The van der Waals surface area contributed by atoms with Crippen LogP contribution in [-0.2, 0) is 24.0 Å². The number of fused-ring (bicyclic) bond motifs is 1. The number of carbonyl (C=O) groups excluding carboxylic acids is 6. The number of carboxylic acids is 1. The van der Waals surface area contributed by atoms with Crippen molar-refractivity contribution in [2.45, 2.75) is 37.8 Å². The first-order valence-corrected chi connectivity index (χ1v) is 10.5. The van der Waals surface area contributed by atoms with E-state index >= 15 is 0 Å². The number of nitrogens with zero attached hydrogens (tertiary/aromatic N) is 3. The van der Waals surface area contributed by atoms with Crippen LogP contribution in [0.25, 0.3) is 0 Å². The average Bonchev–Trinajstić information content (AvgIpc) is 2.95. The summed E-state index contributed by atoms with van der Waals surface area (Å²) in [6.45, 7) is -0.0892. The van der Waals surface area contributed by atoms with Crippen molar-refractivity contribution in [3.05, 3.63) is 35.9 Å². The third kappa shape index (κ3) is 5.36. The molecule has 0 spiro atoms. The summed E-state index contributed by atoms with van der Waals surface area (Å²) in [6.07, 6.45) is -0.0552. The molecule has 13 heteroatoms. The molecule has 2 saturated heterocycles. The van der Waals surface area contributed by atoms with Gasteiger partial charge in [-0.1, -0.05) is 30.3 Å². The van der Waals surface area contributed by atoms with E-state index in [-0.39, 0.29) is 37.8 Å². The van der Waals surface area contributed by atoms with Gasteiger partial charge in [-0.2, -0.15) is 0 Å². The van der Waals surface area contributed by atoms with Crippen molar-refractivity contribution in [1.82, 2.24) is 25.8 Å². The van der Waals surface area contributed by atoms with Crippen molar-refractivity contribution in [3.8, 4) is 0 Å². The molecule has 1 aromatic carbocycles. The lowest BCUT2D eigenvalue weighted by Gasteiger charge is -2.42. The van der Waals surface area contributed by atoms with Crippen molar-refractivity contribution < 1.29 is 38.7 Å². The van der Waals surface area contributed by atoms with Crippen molar-refractivity contribution >= 4 is 41.8 Å². The topological polar surface area (TPSA) is 174 Å². The Balaban J connectivity index is 1.79. The van der Waals surface area contributed by atoms with E-state index < -0.39 is 54.0 Å². The van der Waals surface area contributed by atoms with Crippen LogP contribution in [0.1, 0.15) is 36.0 Å². The standard InChI is InChI=1S/C21H23N5O8/c27-12-14(11-17(29)30)22-19(32)15-7-4-9-25-16(28)8-10-24(21(34)26(15)25)23-20(33)18(31)13-5-2-1-3-6-13/h1-3,5-6,12,14-15H,4,7-11H2,(H,22,32)(H,23,33)(H,29,30)/t14-,15-/m0/s1. The summed E-state index contributed by atoms with van der Waals surface area (Å²) in [5.74, 6) is -4.59. The minimum atomic E-state index is -1.32. The number of aliphatic carboxylic acids is 1. The summed E-state index contributed by atoms with van der Waals surface area (Å²) in [4.78, 5) is 85.6. The van der Waals surface area contributed by atoms with Gasteiger partial charge < -0.3 is 15.2 Å². The Kier molecular flexibility index (Phi) is 7.56. The Morgan fingerprint density at radius 3 is 2.47 bits per heavy atom. The van der Waals surface area contributed by atoms with Gasteiger partial charge in [-0.3, -0.25) is 29.4 Å². The number of rotatable bonds is 8. The molecule has 13 nitrogen and oxygen atoms in total. The lowest BCUT2D eigenvalue weighted by atomic mass is 10.1. The molecule has 2 atom stereocenters. The predicted octanol–water partition coefficient (Wildman–Crippen LogP) is -0.907. The Bertz CT molecular complexity index is 1010. The van der Waals surface area contributed by atoms with Crippen molar-refractivity contribution in [2.75, 3.05) is 13.1 Å². The second-order valence-electron chi connectivity index (χ2n) is 7.69. The first kappa shape index (κ1) is 24.4. The number of benzene rings is 1. The molecule has 180 valence electrons. The SMILES string of the molecule is O=C[C@H](CC(=O)O)NC(=O)[C@@H]1CCCN2C(=O)CCN(NC(=O)C(=O)c3ccccc3)C(=O)N12. The van der Waals surface area contributed by atoms with Gasteiger partial charge in [-0.25, -0.2) is 19.8 Å². The quantitative estimate of drug-likeness (QED) is 0.247. The van der Waals surface area contributed by atoms with Crippen molar-refractivity contribution in [1.29, 1.82) is 0 Å². The Hall–Kier alpha value is -4.29. The van der Waals surface area contributed by atoms with Gasteiger partial charge in [-0.05, 0) is 12.8 Å². The van der Waals surface area contributed by atoms with Crippen LogP contribution in [-0.4, -0.2) is 87.1 Å². The van der Waals surface area contributed by atoms with Crippen molar-refractivity contribution in [2.24, 2.45) is 0 Å². The molecule has 2 fully saturated rings. The number of hydrogen-bond acceptors (Lipinski definition) is 7. The summed E-state index contributed by atoms with van der Waals surface area (Å²) in [5, 5.41) is 13.9. The molecule has 34 heavy (non-hydrogen) atoms. The fraction of sp³-hybridized carbons (Fsp3) is 0.381. The maximum absolute atomic E-state index is 13.3. The van der Waals surface area contributed by atoms with E-state index in [1.54, 1.807) is 18.2 Å². The smallest absolute Gasteiger partial charge is 0.358 e. The average molecular weight is 473 g/mol. The zero-order chi connectivity index (χ0) is 24.8. The van der Waals surface area contributed by atoms with Crippen LogP contribution in [0.4, 0.5) is 4.79 Å². The number of aldehydes is 1. The number of carboxylic acid groups (broad SMARTS) is 1. The highest BCUT2D eigenvalue weighted by Crippen LogP contribution is 2.23. The molecule has 2 aliphatic heterocycles. The number of urea groups is 1. The largest absolute Gasteiger partial charge is 0.481 e. The van der Waals surface area contributed by atoms with Gasteiger partial charge in [0.1, 0.15) is 12.3 Å². The first-order chi connectivity index (χ1) is 16.2. The van der Waals surface area contributed by atoms with E-state index in [2.05, 4.69) is 10.7 Å². The number of ketones is 1. The molecule has 0 unspecified atom stereocenters. The van der Waals surface area contributed by atoms with Crippen LogP contribution in [0.2, 0.25) is 0 Å². The van der Waals surface area contributed by atoms with Gasteiger partial charge in [-0.15, -0.1) is 0 Å². The van der Waals surface area contributed by atoms with Crippen LogP contribution in [0, 0.1) is 0 Å². The van der Waals surface area contributed by atoms with Crippen LogP contribution >= 0.6 is 0 Å². The molecule has 1 aromatic rings. The maximum Gasteiger partial charge on any atom is 0.358 e. The lowest BCUT2D eigenvalue weighted by molar-refractivity contribution is -0.155. The number of Topliss-reactive ketones (excluding diaryl/α,β-unsaturated/α-hetero) is 1. The number of hydrazine groups is 2. The molecule has 3 N–H and O–H groups in total. The molecular formula is C21H23N5O8. The van der Waals surface area contributed by atoms with Gasteiger partial charge >= 0.3 is 17.9 Å². The number of nitrogens with one attached hydrogen (secondary N) is 2. The highest BCUT2D eigenvalue weighted by Gasteiger charge is 2.44. The molecule has 0 saturated carbocycles. The van der Waals surface area contributed by atoms with E-state index in [1.165, 1.54) is 12.1 Å². The molecule has 0 bridgehead atoms. The Morgan fingerprint density at radius 1 is 1.12 bits per heavy atom. The zero-order valence-electron chi connectivity index (χ0n) is 18.0. The van der Waals surface area contributed by atoms with E-state index in [9.17, 15) is 33.6 Å². The van der Waals surface area contributed by atoms with Crippen molar-refractivity contribution in [3.63, 3.8) is 0 Å². The number of carbonyl (C=O) groups is 7. The lowest BCUT2D eigenvalue weighted by Crippen LogP contribution is -2.65. The van der Waals surface area contributed by atoms with E-state index in [0.29, 0.717) is 6.42 Å². The number of amides is 5. The second-order valence-corrected chi connectivity index (χ2v) is 7.69. The Labute approximate surface area is 193 Å². The first-order valence-electron chi connectivity index (χ1n) is 10.5. The fourth-order valence-corrected chi connectivity index (χ4v) is 3.71. The molecule has 0 aliphatic carbocycles. The molecule has 3 rings (SSSR count). The highest BCUT2D eigenvalue weighted by atomic mass is 16.4. The molecule has 2 aliphatic rings. The van der Waals surface area contributed by atoms with Gasteiger partial charge in [0.25, 0.3) is 5.78 Å². The van der Waals surface area contributed by atoms with Gasteiger partial charge in [0.2, 0.25) is 11.8 Å². The fourth-order valence-electron chi connectivity index (χ4n) is 3.71. The maximum atomic E-state index is 13.3. The minimum Gasteiger partial charge on any atom is -0.481 e. The number of hydrogen-bond donors (Lipinski definition) is 3. The molecule has 5 amide bonds. The van der Waals surface area contributed by atoms with Gasteiger partial charge in [0.05, 0.1) is 19.0 Å². The van der Waals surface area contributed by atoms with Gasteiger partial charge in [0.15, 0.2) is 0 Å². The molecule has 0 aromatic heterocycles. The zero-order valence-corrected chi connectivity index (χ0v) is 18.0. The monoisotopic (exact) mass is 473 g/mol. The van der Waals surface area contributed by atoms with Crippen LogP contribution < -0.4 is 10.7 Å². The minimum absolute atomic E-state index is 0.105. The highest BCUT2D eigenvalue weighted by molar-refractivity contribution is 6.42. The summed E-state index contributed by atoms with van der Waals surface area (Å²) in [5.41, 5.74) is 2.31. The van der Waals surface area contributed by atoms with Crippen LogP contribution in [0.3, 0.4) is 0 Å².